The summed E-state index contributed by atoms with van der Waals surface area (Å²) in [6, 6.07) is 0. The van der Waals surface area contributed by atoms with Crippen molar-refractivity contribution in [3.63, 3.8) is 0 Å². The fourth-order valence-electron chi connectivity index (χ4n) is 3.87. The van der Waals surface area contributed by atoms with Crippen molar-refractivity contribution in [2.75, 3.05) is 0 Å². The molecule has 0 amide bonds. The Balaban J connectivity index is 1.80. The topological polar surface area (TPSA) is 0 Å². The molecule has 19 heavy (non-hydrogen) atoms. The summed E-state index contributed by atoms with van der Waals surface area (Å²) < 4.78 is 0. The van der Waals surface area contributed by atoms with Gasteiger partial charge in [0.05, 0.1) is 0 Å². The van der Waals surface area contributed by atoms with Gasteiger partial charge in [-0.1, -0.05) is 44.4 Å². The molecule has 0 aromatic heterocycles. The van der Waals surface area contributed by atoms with E-state index in [4.69, 9.17) is 0 Å². The van der Waals surface area contributed by atoms with Gasteiger partial charge in [0.25, 0.3) is 0 Å². The lowest BCUT2D eigenvalue weighted by molar-refractivity contribution is 0.680. The van der Waals surface area contributed by atoms with E-state index in [0.717, 1.165) is 17.0 Å². The van der Waals surface area contributed by atoms with Crippen LogP contribution in [0.3, 0.4) is 0 Å². The molecule has 104 valence electrons. The van der Waals surface area contributed by atoms with E-state index in [1.165, 1.54) is 57.8 Å². The van der Waals surface area contributed by atoms with Gasteiger partial charge in [-0.25, -0.2) is 0 Å². The van der Waals surface area contributed by atoms with E-state index in [0.29, 0.717) is 0 Å². The third kappa shape index (κ3) is 3.40. The molecule has 0 aromatic rings. The normalized spacial score (nSPS) is 36.3. The molecule has 0 spiro atoms. The lowest BCUT2D eigenvalue weighted by Gasteiger charge is -2.39. The molecule has 0 saturated carbocycles. The highest BCUT2D eigenvalue weighted by molar-refractivity contribution is 7.60. The molecule has 0 fully saturated rings. The standard InChI is InChI=1S/C18H27P/c1-4-10-16(11-5-1)19(17-12-6-2-7-13-17)18-14-8-3-9-15-18/h4,6,8,10,12,14,16-18H,1-3,5,7,9,11,13,15H2. The Hall–Kier alpha value is -0.350. The van der Waals surface area contributed by atoms with Crippen molar-refractivity contribution >= 4 is 7.92 Å². The van der Waals surface area contributed by atoms with Gasteiger partial charge in [-0.3, -0.25) is 0 Å². The van der Waals surface area contributed by atoms with Crippen LogP contribution in [-0.2, 0) is 0 Å². The number of allylic oxidation sites excluding steroid dienone is 6. The van der Waals surface area contributed by atoms with Crippen molar-refractivity contribution in [3.8, 4) is 0 Å². The molecule has 3 atom stereocenters. The fourth-order valence-corrected chi connectivity index (χ4v) is 7.75. The predicted molar refractivity (Wildman–Crippen MR) is 87.3 cm³/mol. The van der Waals surface area contributed by atoms with Crippen LogP contribution in [0.25, 0.3) is 0 Å². The van der Waals surface area contributed by atoms with Crippen LogP contribution in [-0.4, -0.2) is 17.0 Å². The SMILES string of the molecule is C1=CC(P(C2C=CCCC2)C2C=CCCC2)CCC1. The molecular formula is C18H27P. The Morgan fingerprint density at radius 3 is 1.21 bits per heavy atom. The van der Waals surface area contributed by atoms with E-state index in [9.17, 15) is 0 Å². The summed E-state index contributed by atoms with van der Waals surface area (Å²) in [5, 5.41) is 0. The lowest BCUT2D eigenvalue weighted by Crippen LogP contribution is -2.23. The third-order valence-corrected chi connectivity index (χ3v) is 8.42. The molecule has 3 rings (SSSR count). The summed E-state index contributed by atoms with van der Waals surface area (Å²) in [4.78, 5) is 0. The zero-order valence-corrected chi connectivity index (χ0v) is 12.9. The highest BCUT2D eigenvalue weighted by atomic mass is 31.1. The summed E-state index contributed by atoms with van der Waals surface area (Å²) >= 11 is 0. The molecule has 0 N–H and O–H groups in total. The molecule has 0 aromatic carbocycles. The maximum Gasteiger partial charge on any atom is -0.00190 e. The lowest BCUT2D eigenvalue weighted by atomic mass is 10.1. The van der Waals surface area contributed by atoms with Crippen LogP contribution in [0.2, 0.25) is 0 Å². The predicted octanol–water partition coefficient (Wildman–Crippen LogP) is 5.79. The van der Waals surface area contributed by atoms with Crippen LogP contribution in [0.1, 0.15) is 57.8 Å². The van der Waals surface area contributed by atoms with Crippen LogP contribution in [0.5, 0.6) is 0 Å². The van der Waals surface area contributed by atoms with Gasteiger partial charge in [0, 0.05) is 0 Å². The van der Waals surface area contributed by atoms with E-state index in [1.54, 1.807) is 0 Å². The second kappa shape index (κ2) is 6.89. The minimum absolute atomic E-state index is 0.124. The largest absolute Gasteiger partial charge is 0.0879 e. The van der Waals surface area contributed by atoms with E-state index in [2.05, 4.69) is 36.5 Å². The molecule has 0 nitrogen and oxygen atoms in total. The molecule has 1 heteroatoms. The quantitative estimate of drug-likeness (QED) is 0.451. The van der Waals surface area contributed by atoms with Crippen molar-refractivity contribution < 1.29 is 0 Å². The molecule has 3 aliphatic rings. The molecule has 3 unspecified atom stereocenters. The minimum Gasteiger partial charge on any atom is -0.0879 e. The van der Waals surface area contributed by atoms with Crippen molar-refractivity contribution in [2.45, 2.75) is 74.8 Å². The van der Waals surface area contributed by atoms with Gasteiger partial charge in [-0.15, -0.1) is 0 Å². The van der Waals surface area contributed by atoms with Gasteiger partial charge in [-0.05, 0) is 74.8 Å². The second-order valence-electron chi connectivity index (χ2n) is 6.23. The van der Waals surface area contributed by atoms with E-state index in [1.807, 2.05) is 0 Å². The van der Waals surface area contributed by atoms with Gasteiger partial charge in [0.1, 0.15) is 0 Å². The van der Waals surface area contributed by atoms with Crippen molar-refractivity contribution in [2.24, 2.45) is 0 Å². The number of hydrogen-bond acceptors (Lipinski definition) is 0. The second-order valence-corrected chi connectivity index (χ2v) is 9.11. The maximum atomic E-state index is 2.58. The molecule has 0 heterocycles. The van der Waals surface area contributed by atoms with Crippen molar-refractivity contribution in [1.29, 1.82) is 0 Å². The van der Waals surface area contributed by atoms with Gasteiger partial charge in [-0.2, -0.15) is 0 Å². The van der Waals surface area contributed by atoms with Crippen LogP contribution in [0, 0.1) is 0 Å². The first kappa shape index (κ1) is 13.6. The van der Waals surface area contributed by atoms with Crippen LogP contribution >= 0.6 is 7.92 Å². The van der Waals surface area contributed by atoms with Gasteiger partial charge in [0.2, 0.25) is 0 Å². The molecule has 0 bridgehead atoms. The summed E-state index contributed by atoms with van der Waals surface area (Å²) in [5.74, 6) is 0. The maximum absolute atomic E-state index is 2.58. The Morgan fingerprint density at radius 1 is 0.579 bits per heavy atom. The smallest absolute Gasteiger partial charge is 0.00190 e. The van der Waals surface area contributed by atoms with Crippen molar-refractivity contribution in [3.05, 3.63) is 36.5 Å². The zero-order chi connectivity index (χ0) is 12.9. The molecular weight excluding hydrogens is 247 g/mol. The Kier molecular flexibility index (Phi) is 4.94. The summed E-state index contributed by atoms with van der Waals surface area (Å²) in [5.41, 5.74) is 2.72. The molecule has 0 radical (unpaired) electrons. The van der Waals surface area contributed by atoms with Gasteiger partial charge in [0.15, 0.2) is 0 Å². The van der Waals surface area contributed by atoms with E-state index >= 15 is 0 Å². The third-order valence-electron chi connectivity index (χ3n) is 4.84. The first-order chi connectivity index (χ1) is 9.45. The monoisotopic (exact) mass is 274 g/mol. The summed E-state index contributed by atoms with van der Waals surface area (Å²) in [6.07, 6.45) is 27.7. The Labute approximate surface area is 119 Å². The number of hydrogen-bond donors (Lipinski definition) is 0. The van der Waals surface area contributed by atoms with Crippen LogP contribution in [0.4, 0.5) is 0 Å². The first-order valence-electron chi connectivity index (χ1n) is 8.22. The molecule has 0 saturated heterocycles. The summed E-state index contributed by atoms with van der Waals surface area (Å²) in [7, 11) is 0.124. The van der Waals surface area contributed by atoms with E-state index in [-0.39, 0.29) is 7.92 Å². The summed E-state index contributed by atoms with van der Waals surface area (Å²) in [6.45, 7) is 0. The average Bonchev–Trinajstić information content (AvgIpc) is 2.51. The Morgan fingerprint density at radius 2 is 0.947 bits per heavy atom. The highest BCUT2D eigenvalue weighted by Gasteiger charge is 2.32. The van der Waals surface area contributed by atoms with E-state index < -0.39 is 0 Å². The highest BCUT2D eigenvalue weighted by Crippen LogP contribution is 2.58. The molecule has 0 aliphatic heterocycles. The zero-order valence-electron chi connectivity index (χ0n) is 12.0. The van der Waals surface area contributed by atoms with Gasteiger partial charge >= 0.3 is 0 Å². The van der Waals surface area contributed by atoms with Gasteiger partial charge < -0.3 is 0 Å². The van der Waals surface area contributed by atoms with Crippen LogP contribution in [0.15, 0.2) is 36.5 Å². The molecule has 3 aliphatic carbocycles. The number of rotatable bonds is 3. The fraction of sp³-hybridized carbons (Fsp3) is 0.667. The van der Waals surface area contributed by atoms with Crippen LogP contribution < -0.4 is 0 Å². The Bertz CT molecular complexity index is 309. The minimum atomic E-state index is 0.124. The van der Waals surface area contributed by atoms with Crippen molar-refractivity contribution in [1.82, 2.24) is 0 Å². The average molecular weight is 274 g/mol. The first-order valence-corrected chi connectivity index (χ1v) is 9.77.